The Bertz CT molecular complexity index is 766. The summed E-state index contributed by atoms with van der Waals surface area (Å²) >= 11 is 0. The molecule has 0 bridgehead atoms. The van der Waals surface area contributed by atoms with Gasteiger partial charge in [-0.2, -0.15) is 0 Å². The highest BCUT2D eigenvalue weighted by Gasteiger charge is 2.33. The van der Waals surface area contributed by atoms with Gasteiger partial charge in [-0.05, 0) is 82.4 Å². The lowest BCUT2D eigenvalue weighted by atomic mass is 9.85. The molecule has 1 aromatic rings. The Kier molecular flexibility index (Phi) is 7.05. The lowest BCUT2D eigenvalue weighted by Gasteiger charge is -2.44. The highest BCUT2D eigenvalue weighted by molar-refractivity contribution is 6.10. The molecule has 1 aliphatic heterocycles. The molecular weight excluding hydrogens is 348 g/mol. The largest absolute Gasteiger partial charge is 0.496 e. The molecule has 0 aliphatic carbocycles. The number of allylic oxidation sites excluding steroid dienone is 1. The standard InChI is InChI=1S/C23H36N4O/c1-8-17-13-19(15(2)11-21(17)28-7)20(24)9-10-22(25)27(6)18-12-16(3)26-23(4,5)14-18/h9-11,13,16,18,24-26H,8,12,14H2,1-7H3/b10-9-,24-20?,25-22?. The lowest BCUT2D eigenvalue weighted by molar-refractivity contribution is 0.164. The highest BCUT2D eigenvalue weighted by Crippen LogP contribution is 2.26. The first-order chi connectivity index (χ1) is 13.1. The molecule has 1 saturated heterocycles. The first-order valence-electron chi connectivity index (χ1n) is 10.1. The van der Waals surface area contributed by atoms with Crippen LogP contribution in [0.3, 0.4) is 0 Å². The number of ether oxygens (including phenoxy) is 1. The summed E-state index contributed by atoms with van der Waals surface area (Å²) in [6.07, 6.45) is 6.36. The number of hydrogen-bond acceptors (Lipinski definition) is 4. The zero-order chi connectivity index (χ0) is 21.1. The SMILES string of the molecule is CCc1cc(C(=N)/C=C\C(=N)N(C)C2CC(C)NC(C)(C)C2)c(C)cc1OC. The zero-order valence-corrected chi connectivity index (χ0v) is 18.4. The van der Waals surface area contributed by atoms with E-state index in [1.165, 1.54) is 0 Å². The van der Waals surface area contributed by atoms with Crippen LogP contribution in [0.25, 0.3) is 0 Å². The molecule has 2 unspecified atom stereocenters. The molecular formula is C23H36N4O. The Morgan fingerprint density at radius 3 is 2.57 bits per heavy atom. The predicted octanol–water partition coefficient (Wildman–Crippen LogP) is 4.32. The van der Waals surface area contributed by atoms with Crippen molar-refractivity contribution in [3.63, 3.8) is 0 Å². The molecule has 154 valence electrons. The van der Waals surface area contributed by atoms with Gasteiger partial charge in [0.25, 0.3) is 0 Å². The second-order valence-corrected chi connectivity index (χ2v) is 8.60. The summed E-state index contributed by atoms with van der Waals surface area (Å²) in [5.41, 5.74) is 3.49. The minimum Gasteiger partial charge on any atom is -0.496 e. The molecule has 2 atom stereocenters. The van der Waals surface area contributed by atoms with Crippen LogP contribution in [0.4, 0.5) is 0 Å². The third kappa shape index (κ3) is 5.22. The number of nitrogens with one attached hydrogen (secondary N) is 3. The molecule has 0 aromatic heterocycles. The highest BCUT2D eigenvalue weighted by atomic mass is 16.5. The summed E-state index contributed by atoms with van der Waals surface area (Å²) in [6.45, 7) is 10.7. The average Bonchev–Trinajstić information content (AvgIpc) is 2.63. The molecule has 2 rings (SSSR count). The van der Waals surface area contributed by atoms with Crippen molar-refractivity contribution in [2.45, 2.75) is 71.5 Å². The summed E-state index contributed by atoms with van der Waals surface area (Å²) in [6, 6.07) is 4.78. The quantitative estimate of drug-likeness (QED) is 0.505. The summed E-state index contributed by atoms with van der Waals surface area (Å²) in [5.74, 6) is 1.32. The van der Waals surface area contributed by atoms with Gasteiger partial charge in [0.15, 0.2) is 0 Å². The summed E-state index contributed by atoms with van der Waals surface area (Å²) in [7, 11) is 3.67. The van der Waals surface area contributed by atoms with Gasteiger partial charge in [-0.3, -0.25) is 5.41 Å². The van der Waals surface area contributed by atoms with Crippen molar-refractivity contribution in [3.05, 3.63) is 41.0 Å². The number of hydrogen-bond donors (Lipinski definition) is 3. The van der Waals surface area contributed by atoms with E-state index in [2.05, 4.69) is 33.0 Å². The average molecular weight is 385 g/mol. The zero-order valence-electron chi connectivity index (χ0n) is 18.4. The third-order valence-corrected chi connectivity index (χ3v) is 5.64. The second-order valence-electron chi connectivity index (χ2n) is 8.60. The smallest absolute Gasteiger partial charge is 0.122 e. The van der Waals surface area contributed by atoms with Gasteiger partial charge in [0.2, 0.25) is 0 Å². The fourth-order valence-electron chi connectivity index (χ4n) is 4.21. The van der Waals surface area contributed by atoms with Crippen LogP contribution in [0.15, 0.2) is 24.3 Å². The van der Waals surface area contributed by atoms with Crippen molar-refractivity contribution in [2.24, 2.45) is 0 Å². The maximum absolute atomic E-state index is 8.49. The number of aryl methyl sites for hydroxylation is 2. The molecule has 28 heavy (non-hydrogen) atoms. The molecule has 5 heteroatoms. The molecule has 1 aromatic carbocycles. The molecule has 0 spiro atoms. The van der Waals surface area contributed by atoms with Crippen LogP contribution < -0.4 is 10.1 Å². The van der Waals surface area contributed by atoms with Gasteiger partial charge in [-0.25, -0.2) is 0 Å². The van der Waals surface area contributed by atoms with Crippen LogP contribution in [0.2, 0.25) is 0 Å². The van der Waals surface area contributed by atoms with Gasteiger partial charge in [0.05, 0.1) is 12.8 Å². The predicted molar refractivity (Wildman–Crippen MR) is 118 cm³/mol. The van der Waals surface area contributed by atoms with E-state index in [9.17, 15) is 0 Å². The molecule has 5 nitrogen and oxygen atoms in total. The first-order valence-corrected chi connectivity index (χ1v) is 10.1. The second kappa shape index (κ2) is 8.91. The number of likely N-dealkylation sites (N-methyl/N-ethyl adjacent to an activating group) is 1. The number of nitrogens with zero attached hydrogens (tertiary/aromatic N) is 1. The van der Waals surface area contributed by atoms with Gasteiger partial charge in [-0.1, -0.05) is 6.92 Å². The van der Waals surface area contributed by atoms with Crippen LogP contribution in [0.5, 0.6) is 5.75 Å². The Morgan fingerprint density at radius 1 is 1.32 bits per heavy atom. The summed E-state index contributed by atoms with van der Waals surface area (Å²) < 4.78 is 5.44. The van der Waals surface area contributed by atoms with Crippen molar-refractivity contribution in [2.75, 3.05) is 14.2 Å². The van der Waals surface area contributed by atoms with E-state index >= 15 is 0 Å². The maximum Gasteiger partial charge on any atom is 0.122 e. The van der Waals surface area contributed by atoms with E-state index in [1.807, 2.05) is 31.0 Å². The van der Waals surface area contributed by atoms with Gasteiger partial charge in [-0.15, -0.1) is 0 Å². The lowest BCUT2D eigenvalue weighted by Crippen LogP contribution is -2.56. The van der Waals surface area contributed by atoms with Crippen molar-refractivity contribution in [1.82, 2.24) is 10.2 Å². The monoisotopic (exact) mass is 384 g/mol. The van der Waals surface area contributed by atoms with E-state index < -0.39 is 0 Å². The van der Waals surface area contributed by atoms with E-state index in [1.54, 1.807) is 19.3 Å². The maximum atomic E-state index is 8.49. The van der Waals surface area contributed by atoms with Crippen LogP contribution in [-0.4, -0.2) is 48.2 Å². The molecule has 0 radical (unpaired) electrons. The van der Waals surface area contributed by atoms with Gasteiger partial charge >= 0.3 is 0 Å². The van der Waals surface area contributed by atoms with Crippen molar-refractivity contribution in [3.8, 4) is 5.75 Å². The molecule has 1 aliphatic rings. The van der Waals surface area contributed by atoms with E-state index in [0.29, 0.717) is 23.6 Å². The van der Waals surface area contributed by atoms with Crippen LogP contribution in [-0.2, 0) is 6.42 Å². The Morgan fingerprint density at radius 2 is 2.00 bits per heavy atom. The van der Waals surface area contributed by atoms with Crippen LogP contribution >= 0.6 is 0 Å². The van der Waals surface area contributed by atoms with Gasteiger partial charge in [0, 0.05) is 30.2 Å². The van der Waals surface area contributed by atoms with Gasteiger partial charge < -0.3 is 20.4 Å². The molecule has 3 N–H and O–H groups in total. The molecule has 1 fully saturated rings. The fourth-order valence-corrected chi connectivity index (χ4v) is 4.21. The summed E-state index contributed by atoms with van der Waals surface area (Å²) in [5, 5.41) is 20.6. The minimum absolute atomic E-state index is 0.0735. The normalized spacial score (nSPS) is 21.5. The number of amidine groups is 1. The van der Waals surface area contributed by atoms with Crippen molar-refractivity contribution >= 4 is 11.5 Å². The molecule has 0 saturated carbocycles. The van der Waals surface area contributed by atoms with Crippen LogP contribution in [0.1, 0.15) is 57.2 Å². The van der Waals surface area contributed by atoms with E-state index in [4.69, 9.17) is 15.6 Å². The van der Waals surface area contributed by atoms with Gasteiger partial charge in [0.1, 0.15) is 11.6 Å². The fraction of sp³-hybridized carbons (Fsp3) is 0.565. The van der Waals surface area contributed by atoms with E-state index in [-0.39, 0.29) is 5.54 Å². The first kappa shape index (κ1) is 22.2. The number of methoxy groups -OCH3 is 1. The Hall–Kier alpha value is -2.14. The van der Waals surface area contributed by atoms with E-state index in [0.717, 1.165) is 41.7 Å². The minimum atomic E-state index is 0.0735. The molecule has 1 heterocycles. The van der Waals surface area contributed by atoms with Crippen molar-refractivity contribution in [1.29, 1.82) is 10.8 Å². The number of piperidine rings is 1. The molecule has 0 amide bonds. The number of benzene rings is 1. The Balaban J connectivity index is 2.12. The van der Waals surface area contributed by atoms with Crippen molar-refractivity contribution < 1.29 is 4.74 Å². The summed E-state index contributed by atoms with van der Waals surface area (Å²) in [4.78, 5) is 2.04. The van der Waals surface area contributed by atoms with Crippen LogP contribution in [0, 0.1) is 17.7 Å². The Labute approximate surface area is 170 Å². The topological polar surface area (TPSA) is 72.2 Å². The third-order valence-electron chi connectivity index (χ3n) is 5.64. The number of rotatable bonds is 6.